The summed E-state index contributed by atoms with van der Waals surface area (Å²) in [5.74, 6) is 0.968. The molecule has 0 spiro atoms. The maximum absolute atomic E-state index is 11.8. The predicted octanol–water partition coefficient (Wildman–Crippen LogP) is 3.17. The van der Waals surface area contributed by atoms with E-state index in [0.717, 1.165) is 42.1 Å². The van der Waals surface area contributed by atoms with Crippen LogP contribution in [0.1, 0.15) is 32.3 Å². The first-order chi connectivity index (χ1) is 11.5. The Bertz CT molecular complexity index is 608. The fourth-order valence-electron chi connectivity index (χ4n) is 2.66. The number of hydrogen-bond donors (Lipinski definition) is 2. The van der Waals surface area contributed by atoms with Crippen LogP contribution in [0.4, 0.5) is 0 Å². The highest BCUT2D eigenvalue weighted by Gasteiger charge is 2.25. The lowest BCUT2D eigenvalue weighted by atomic mass is 10.2. The molecule has 0 aliphatic carbocycles. The number of nitrogens with one attached hydrogen (secondary N) is 2. The van der Waals surface area contributed by atoms with E-state index in [2.05, 4.69) is 31.6 Å². The lowest BCUT2D eigenvalue weighted by Crippen LogP contribution is -2.45. The molecule has 0 radical (unpaired) electrons. The molecule has 132 valence electrons. The second-order valence-corrected chi connectivity index (χ2v) is 7.08. The number of nitrogens with zero attached hydrogens (tertiary/aromatic N) is 2. The minimum Gasteiger partial charge on any atom is -0.357 e. The zero-order valence-electron chi connectivity index (χ0n) is 14.1. The van der Waals surface area contributed by atoms with Crippen LogP contribution < -0.4 is 10.6 Å². The molecular weight excluding hydrogens is 392 g/mol. The number of hydrogen-bond acceptors (Lipinski definition) is 2. The van der Waals surface area contributed by atoms with E-state index in [0.29, 0.717) is 18.0 Å². The van der Waals surface area contributed by atoms with Crippen LogP contribution in [0.3, 0.4) is 0 Å². The number of rotatable bonds is 5. The Hall–Kier alpha value is -1.27. The number of carbonyl (C=O) groups is 1. The van der Waals surface area contributed by atoms with E-state index in [1.54, 1.807) is 0 Å². The fraction of sp³-hybridized carbons (Fsp3) is 0.529. The third kappa shape index (κ3) is 5.38. The molecule has 7 heteroatoms. The summed E-state index contributed by atoms with van der Waals surface area (Å²) >= 11 is 9.65. The first-order valence-electron chi connectivity index (χ1n) is 8.30. The Morgan fingerprint density at radius 1 is 1.46 bits per heavy atom. The zero-order valence-corrected chi connectivity index (χ0v) is 16.5. The smallest absolute Gasteiger partial charge is 0.222 e. The Morgan fingerprint density at radius 2 is 2.25 bits per heavy atom. The van der Waals surface area contributed by atoms with Crippen molar-refractivity contribution in [3.8, 4) is 0 Å². The summed E-state index contributed by atoms with van der Waals surface area (Å²) in [5.41, 5.74) is 0.978. The van der Waals surface area contributed by atoms with Crippen LogP contribution >= 0.6 is 27.5 Å². The van der Waals surface area contributed by atoms with Gasteiger partial charge in [-0.05, 0) is 31.0 Å². The molecule has 0 saturated carbocycles. The van der Waals surface area contributed by atoms with Crippen LogP contribution in [0.25, 0.3) is 0 Å². The maximum Gasteiger partial charge on any atom is 0.222 e. The van der Waals surface area contributed by atoms with Gasteiger partial charge in [0.2, 0.25) is 5.91 Å². The molecule has 1 saturated heterocycles. The van der Waals surface area contributed by atoms with Crippen LogP contribution in [0.5, 0.6) is 0 Å². The molecule has 1 fully saturated rings. The minimum atomic E-state index is 0.211. The van der Waals surface area contributed by atoms with Crippen molar-refractivity contribution in [3.63, 3.8) is 0 Å². The van der Waals surface area contributed by atoms with Crippen molar-refractivity contribution < 1.29 is 4.79 Å². The second kappa shape index (κ2) is 9.28. The number of amides is 1. The van der Waals surface area contributed by atoms with Gasteiger partial charge in [0.05, 0.1) is 6.54 Å². The Labute approximate surface area is 157 Å². The average molecular weight is 416 g/mol. The van der Waals surface area contributed by atoms with Gasteiger partial charge in [0.25, 0.3) is 0 Å². The number of carbonyl (C=O) groups excluding carboxylic acids is 1. The first kappa shape index (κ1) is 19.1. The van der Waals surface area contributed by atoms with Crippen LogP contribution in [-0.4, -0.2) is 42.4 Å². The summed E-state index contributed by atoms with van der Waals surface area (Å²) in [5, 5.41) is 7.37. The quantitative estimate of drug-likeness (QED) is 0.574. The molecule has 24 heavy (non-hydrogen) atoms. The van der Waals surface area contributed by atoms with Crippen LogP contribution in [0, 0.1) is 0 Å². The summed E-state index contributed by atoms with van der Waals surface area (Å²) in [7, 11) is 0. The van der Waals surface area contributed by atoms with Crippen LogP contribution in [-0.2, 0) is 11.3 Å². The average Bonchev–Trinajstić information content (AvgIpc) is 3.02. The van der Waals surface area contributed by atoms with E-state index in [1.807, 2.05) is 36.9 Å². The van der Waals surface area contributed by atoms with E-state index in [-0.39, 0.29) is 11.9 Å². The standard InChI is InChI=1S/C17H24BrClN4O/c1-3-16(24)23-8-7-14(11-23)22-17(20-4-2)21-10-12-5-6-13(18)9-15(12)19/h5-6,9,14H,3-4,7-8,10-11H2,1-2H3,(H2,20,21,22). The summed E-state index contributed by atoms with van der Waals surface area (Å²) in [6, 6.07) is 6.04. The summed E-state index contributed by atoms with van der Waals surface area (Å²) in [6.45, 7) is 6.76. The van der Waals surface area contributed by atoms with E-state index < -0.39 is 0 Å². The Balaban J connectivity index is 1.97. The van der Waals surface area contributed by atoms with Crippen molar-refractivity contribution in [2.75, 3.05) is 19.6 Å². The third-order valence-corrected chi connectivity index (χ3v) is 4.80. The molecule has 1 aliphatic heterocycles. The number of likely N-dealkylation sites (tertiary alicyclic amines) is 1. The van der Waals surface area contributed by atoms with Crippen LogP contribution in [0.2, 0.25) is 5.02 Å². The predicted molar refractivity (Wildman–Crippen MR) is 102 cm³/mol. The van der Waals surface area contributed by atoms with Gasteiger partial charge in [-0.15, -0.1) is 0 Å². The zero-order chi connectivity index (χ0) is 17.5. The van der Waals surface area contributed by atoms with E-state index >= 15 is 0 Å². The summed E-state index contributed by atoms with van der Waals surface area (Å²) in [4.78, 5) is 18.3. The van der Waals surface area contributed by atoms with Crippen LogP contribution in [0.15, 0.2) is 27.7 Å². The van der Waals surface area contributed by atoms with Gasteiger partial charge in [0.15, 0.2) is 5.96 Å². The van der Waals surface area contributed by atoms with Gasteiger partial charge in [0, 0.05) is 41.6 Å². The highest BCUT2D eigenvalue weighted by atomic mass is 79.9. The molecule has 1 aromatic rings. The third-order valence-electron chi connectivity index (χ3n) is 3.95. The van der Waals surface area contributed by atoms with Crippen molar-refractivity contribution in [1.29, 1.82) is 0 Å². The molecule has 1 atom stereocenters. The van der Waals surface area contributed by atoms with Gasteiger partial charge in [-0.1, -0.05) is 40.5 Å². The Morgan fingerprint density at radius 3 is 2.92 bits per heavy atom. The number of halogens is 2. The van der Waals surface area contributed by atoms with Crippen molar-refractivity contribution in [3.05, 3.63) is 33.3 Å². The van der Waals surface area contributed by atoms with E-state index in [1.165, 1.54) is 0 Å². The fourth-order valence-corrected chi connectivity index (χ4v) is 3.39. The molecule has 2 N–H and O–H groups in total. The number of aliphatic imine (C=N–C) groups is 1. The minimum absolute atomic E-state index is 0.211. The molecule has 5 nitrogen and oxygen atoms in total. The molecule has 0 bridgehead atoms. The van der Waals surface area contributed by atoms with Gasteiger partial charge < -0.3 is 15.5 Å². The number of benzene rings is 1. The van der Waals surface area contributed by atoms with Gasteiger partial charge in [-0.2, -0.15) is 0 Å². The highest BCUT2D eigenvalue weighted by Crippen LogP contribution is 2.22. The first-order valence-corrected chi connectivity index (χ1v) is 9.47. The van der Waals surface area contributed by atoms with Crippen molar-refractivity contribution in [1.82, 2.24) is 15.5 Å². The normalized spacial score (nSPS) is 17.9. The molecule has 1 aromatic carbocycles. The lowest BCUT2D eigenvalue weighted by molar-refractivity contribution is -0.129. The van der Waals surface area contributed by atoms with E-state index in [9.17, 15) is 4.79 Å². The lowest BCUT2D eigenvalue weighted by Gasteiger charge is -2.18. The van der Waals surface area contributed by atoms with Crippen molar-refractivity contribution in [2.45, 2.75) is 39.3 Å². The molecule has 1 heterocycles. The molecule has 1 aliphatic rings. The number of guanidine groups is 1. The molecule has 0 aromatic heterocycles. The van der Waals surface area contributed by atoms with Gasteiger partial charge in [-0.25, -0.2) is 4.99 Å². The topological polar surface area (TPSA) is 56.7 Å². The Kier molecular flexibility index (Phi) is 7.37. The molecular formula is C17H24BrClN4O. The largest absolute Gasteiger partial charge is 0.357 e. The van der Waals surface area contributed by atoms with Crippen molar-refractivity contribution in [2.24, 2.45) is 4.99 Å². The SMILES string of the molecule is CCNC(=NCc1ccc(Br)cc1Cl)NC1CCN(C(=O)CC)C1. The molecule has 2 rings (SSSR count). The van der Waals surface area contributed by atoms with Gasteiger partial charge in [-0.3, -0.25) is 4.79 Å². The van der Waals surface area contributed by atoms with E-state index in [4.69, 9.17) is 11.6 Å². The monoisotopic (exact) mass is 414 g/mol. The van der Waals surface area contributed by atoms with Gasteiger partial charge in [0.1, 0.15) is 0 Å². The van der Waals surface area contributed by atoms with Crippen molar-refractivity contribution >= 4 is 39.4 Å². The molecule has 1 amide bonds. The second-order valence-electron chi connectivity index (χ2n) is 5.75. The summed E-state index contributed by atoms with van der Waals surface area (Å²) < 4.78 is 0.955. The summed E-state index contributed by atoms with van der Waals surface area (Å²) in [6.07, 6.45) is 1.50. The highest BCUT2D eigenvalue weighted by molar-refractivity contribution is 9.10. The maximum atomic E-state index is 11.8. The molecule has 1 unspecified atom stereocenters. The van der Waals surface area contributed by atoms with Gasteiger partial charge >= 0.3 is 0 Å².